The number of aryl methyl sites for hydroxylation is 1. The average molecular weight is 359 g/mol. The monoisotopic (exact) mass is 358 g/mol. The summed E-state index contributed by atoms with van der Waals surface area (Å²) in [6.45, 7) is 4.56. The highest BCUT2D eigenvalue weighted by Crippen LogP contribution is 2.30. The van der Waals surface area contributed by atoms with Crippen molar-refractivity contribution >= 4 is 0 Å². The molecule has 2 aromatic rings. The lowest BCUT2D eigenvalue weighted by molar-refractivity contribution is 0.234. The van der Waals surface area contributed by atoms with Gasteiger partial charge in [-0.2, -0.15) is 0 Å². The Labute approximate surface area is 164 Å². The van der Waals surface area contributed by atoms with Crippen LogP contribution in [0.4, 0.5) is 0 Å². The standard InChI is InChI=1S/C25H30N2/c1-5-17-27(18-6-1)19-7-4-8-21-11-13-22(14-12-21)20-26-25-16-15-23-9-2-3-10-24(23)25/h2-3,9-14,25-26H,1,5-7,15-20H2. The summed E-state index contributed by atoms with van der Waals surface area (Å²) in [4.78, 5) is 2.55. The number of likely N-dealkylation sites (tertiary alicyclic amines) is 1. The minimum absolute atomic E-state index is 0.496. The molecule has 4 rings (SSSR count). The first-order chi connectivity index (χ1) is 13.4. The molecular weight excluding hydrogens is 328 g/mol. The smallest absolute Gasteiger partial charge is 0.0329 e. The van der Waals surface area contributed by atoms with E-state index >= 15 is 0 Å². The van der Waals surface area contributed by atoms with E-state index in [-0.39, 0.29) is 0 Å². The summed E-state index contributed by atoms with van der Waals surface area (Å²) < 4.78 is 0. The highest BCUT2D eigenvalue weighted by Gasteiger charge is 2.20. The maximum Gasteiger partial charge on any atom is 0.0329 e. The maximum atomic E-state index is 3.72. The molecule has 2 aromatic carbocycles. The predicted molar refractivity (Wildman–Crippen MR) is 113 cm³/mol. The number of hydrogen-bond donors (Lipinski definition) is 1. The van der Waals surface area contributed by atoms with E-state index < -0.39 is 0 Å². The van der Waals surface area contributed by atoms with Gasteiger partial charge in [0.05, 0.1) is 0 Å². The van der Waals surface area contributed by atoms with Gasteiger partial charge in [0.1, 0.15) is 0 Å². The highest BCUT2D eigenvalue weighted by molar-refractivity contribution is 5.37. The number of benzene rings is 2. The van der Waals surface area contributed by atoms with Gasteiger partial charge < -0.3 is 10.2 Å². The van der Waals surface area contributed by atoms with Crippen LogP contribution in [0.2, 0.25) is 0 Å². The first-order valence-corrected chi connectivity index (χ1v) is 10.5. The second-order valence-corrected chi connectivity index (χ2v) is 7.82. The molecule has 0 radical (unpaired) electrons. The van der Waals surface area contributed by atoms with Crippen molar-refractivity contribution in [2.45, 2.75) is 51.1 Å². The van der Waals surface area contributed by atoms with Gasteiger partial charge in [-0.15, -0.1) is 0 Å². The van der Waals surface area contributed by atoms with Gasteiger partial charge in [-0.25, -0.2) is 0 Å². The van der Waals surface area contributed by atoms with Gasteiger partial charge in [-0.1, -0.05) is 54.7 Å². The van der Waals surface area contributed by atoms with Gasteiger partial charge in [0, 0.05) is 31.1 Å². The zero-order valence-corrected chi connectivity index (χ0v) is 16.2. The van der Waals surface area contributed by atoms with Crippen LogP contribution in [0, 0.1) is 11.8 Å². The van der Waals surface area contributed by atoms with E-state index in [4.69, 9.17) is 0 Å². The molecule has 0 amide bonds. The summed E-state index contributed by atoms with van der Waals surface area (Å²) in [5.41, 5.74) is 5.45. The van der Waals surface area contributed by atoms with Gasteiger partial charge >= 0.3 is 0 Å². The second kappa shape index (κ2) is 9.22. The number of piperidine rings is 1. The van der Waals surface area contributed by atoms with Crippen molar-refractivity contribution in [3.63, 3.8) is 0 Å². The molecule has 1 fully saturated rings. The molecule has 1 aliphatic carbocycles. The SMILES string of the molecule is C(#Cc1ccc(CNC2CCc3ccccc32)cc1)CCN1CCCCC1. The second-order valence-electron chi connectivity index (χ2n) is 7.82. The van der Waals surface area contributed by atoms with E-state index in [2.05, 4.69) is 70.6 Å². The first-order valence-electron chi connectivity index (χ1n) is 10.5. The molecular formula is C25H30N2. The zero-order valence-electron chi connectivity index (χ0n) is 16.2. The summed E-state index contributed by atoms with van der Waals surface area (Å²) in [6, 6.07) is 18.1. The van der Waals surface area contributed by atoms with Gasteiger partial charge in [0.15, 0.2) is 0 Å². The number of fused-ring (bicyclic) bond motifs is 1. The minimum atomic E-state index is 0.496. The van der Waals surface area contributed by atoms with Gasteiger partial charge in [0.2, 0.25) is 0 Å². The molecule has 2 aliphatic rings. The maximum absolute atomic E-state index is 3.72. The summed E-state index contributed by atoms with van der Waals surface area (Å²) >= 11 is 0. The lowest BCUT2D eigenvalue weighted by Gasteiger charge is -2.25. The average Bonchev–Trinajstić information content (AvgIpc) is 3.14. The molecule has 0 bridgehead atoms. The lowest BCUT2D eigenvalue weighted by atomic mass is 10.1. The fourth-order valence-corrected chi connectivity index (χ4v) is 4.28. The van der Waals surface area contributed by atoms with Crippen LogP contribution in [0.3, 0.4) is 0 Å². The Bertz CT molecular complexity index is 791. The van der Waals surface area contributed by atoms with E-state index in [1.165, 1.54) is 61.9 Å². The van der Waals surface area contributed by atoms with Crippen molar-refractivity contribution in [1.82, 2.24) is 10.2 Å². The Morgan fingerprint density at radius 1 is 0.963 bits per heavy atom. The molecule has 1 saturated heterocycles. The van der Waals surface area contributed by atoms with Crippen LogP contribution in [-0.2, 0) is 13.0 Å². The topological polar surface area (TPSA) is 15.3 Å². The number of nitrogens with zero attached hydrogens (tertiary/aromatic N) is 1. The normalized spacial score (nSPS) is 19.3. The van der Waals surface area contributed by atoms with Crippen molar-refractivity contribution in [1.29, 1.82) is 0 Å². The molecule has 0 saturated carbocycles. The molecule has 2 heteroatoms. The fourth-order valence-electron chi connectivity index (χ4n) is 4.28. The molecule has 140 valence electrons. The number of nitrogens with one attached hydrogen (secondary N) is 1. The Hall–Kier alpha value is -2.08. The Morgan fingerprint density at radius 2 is 1.78 bits per heavy atom. The third-order valence-electron chi connectivity index (χ3n) is 5.87. The van der Waals surface area contributed by atoms with Crippen molar-refractivity contribution in [3.8, 4) is 11.8 Å². The largest absolute Gasteiger partial charge is 0.306 e. The van der Waals surface area contributed by atoms with Crippen LogP contribution in [0.25, 0.3) is 0 Å². The summed E-state index contributed by atoms with van der Waals surface area (Å²) in [5.74, 6) is 6.67. The molecule has 0 spiro atoms. The Kier molecular flexibility index (Phi) is 6.25. The van der Waals surface area contributed by atoms with E-state index in [0.29, 0.717) is 6.04 Å². The van der Waals surface area contributed by atoms with Gasteiger partial charge in [-0.05, 0) is 67.6 Å². The third kappa shape index (κ3) is 5.01. The van der Waals surface area contributed by atoms with E-state index in [9.17, 15) is 0 Å². The molecule has 1 unspecified atom stereocenters. The predicted octanol–water partition coefficient (Wildman–Crippen LogP) is 4.69. The van der Waals surface area contributed by atoms with Crippen LogP contribution < -0.4 is 5.32 Å². The van der Waals surface area contributed by atoms with E-state index in [1.807, 2.05) is 0 Å². The third-order valence-corrected chi connectivity index (χ3v) is 5.87. The molecule has 1 atom stereocenters. The molecule has 2 nitrogen and oxygen atoms in total. The number of hydrogen-bond acceptors (Lipinski definition) is 2. The molecule has 27 heavy (non-hydrogen) atoms. The molecule has 1 N–H and O–H groups in total. The first kappa shape index (κ1) is 18.3. The van der Waals surface area contributed by atoms with Crippen LogP contribution in [0.15, 0.2) is 48.5 Å². The van der Waals surface area contributed by atoms with E-state index in [0.717, 1.165) is 25.1 Å². The van der Waals surface area contributed by atoms with Crippen LogP contribution in [0.5, 0.6) is 0 Å². The van der Waals surface area contributed by atoms with Crippen molar-refractivity contribution in [2.75, 3.05) is 19.6 Å². The summed E-state index contributed by atoms with van der Waals surface area (Å²) in [5, 5.41) is 3.72. The van der Waals surface area contributed by atoms with Crippen molar-refractivity contribution in [3.05, 3.63) is 70.8 Å². The van der Waals surface area contributed by atoms with Crippen molar-refractivity contribution < 1.29 is 0 Å². The van der Waals surface area contributed by atoms with E-state index in [1.54, 1.807) is 0 Å². The molecule has 1 aliphatic heterocycles. The van der Waals surface area contributed by atoms with Crippen LogP contribution in [0.1, 0.15) is 60.4 Å². The van der Waals surface area contributed by atoms with Gasteiger partial charge in [0.25, 0.3) is 0 Å². The summed E-state index contributed by atoms with van der Waals surface area (Å²) in [6.07, 6.45) is 7.49. The van der Waals surface area contributed by atoms with Gasteiger partial charge in [-0.3, -0.25) is 0 Å². The minimum Gasteiger partial charge on any atom is -0.306 e. The quantitative estimate of drug-likeness (QED) is 0.780. The lowest BCUT2D eigenvalue weighted by Crippen LogP contribution is -2.30. The molecule has 0 aromatic heterocycles. The fraction of sp³-hybridized carbons (Fsp3) is 0.440. The Balaban J connectivity index is 1.24. The summed E-state index contributed by atoms with van der Waals surface area (Å²) in [7, 11) is 0. The van der Waals surface area contributed by atoms with Crippen molar-refractivity contribution in [2.24, 2.45) is 0 Å². The highest BCUT2D eigenvalue weighted by atomic mass is 15.1. The van der Waals surface area contributed by atoms with Crippen LogP contribution >= 0.6 is 0 Å². The Morgan fingerprint density at radius 3 is 2.63 bits per heavy atom. The molecule has 1 heterocycles. The number of rotatable bonds is 5. The van der Waals surface area contributed by atoms with Crippen LogP contribution in [-0.4, -0.2) is 24.5 Å². The zero-order chi connectivity index (χ0) is 18.3.